The zero-order valence-electron chi connectivity index (χ0n) is 16.0. The molecule has 0 saturated carbocycles. The fraction of sp³-hybridized carbons (Fsp3) is 0.350. The van der Waals surface area contributed by atoms with Crippen LogP contribution in [0.3, 0.4) is 0 Å². The molecule has 0 saturated heterocycles. The number of nitrogens with one attached hydrogen (secondary N) is 1. The molecule has 1 N–H and O–H groups in total. The van der Waals surface area contributed by atoms with Crippen LogP contribution in [-0.4, -0.2) is 38.6 Å². The molecular formula is C20H24N2O5S. The summed E-state index contributed by atoms with van der Waals surface area (Å²) in [5, 5.41) is 2.56. The lowest BCUT2D eigenvalue weighted by atomic mass is 10.0. The molecule has 1 amide bonds. The highest BCUT2D eigenvalue weighted by atomic mass is 32.2. The van der Waals surface area contributed by atoms with Gasteiger partial charge in [-0.15, -0.1) is 0 Å². The third kappa shape index (κ3) is 4.28. The number of sulfonamides is 1. The molecule has 0 fully saturated rings. The van der Waals surface area contributed by atoms with E-state index in [9.17, 15) is 13.2 Å². The van der Waals surface area contributed by atoms with Crippen LogP contribution >= 0.6 is 0 Å². The first-order valence-electron chi connectivity index (χ1n) is 9.23. The Bertz CT molecular complexity index is 959. The first-order chi connectivity index (χ1) is 13.5. The number of anilines is 1. The topological polar surface area (TPSA) is 84.9 Å². The van der Waals surface area contributed by atoms with E-state index in [-0.39, 0.29) is 17.2 Å². The van der Waals surface area contributed by atoms with E-state index >= 15 is 0 Å². The van der Waals surface area contributed by atoms with Crippen molar-refractivity contribution < 1.29 is 22.7 Å². The van der Waals surface area contributed by atoms with Crippen LogP contribution in [0.1, 0.15) is 25.0 Å². The van der Waals surface area contributed by atoms with Crippen molar-refractivity contribution in [2.45, 2.75) is 31.7 Å². The molecule has 0 atom stereocenters. The number of amides is 1. The molecule has 150 valence electrons. The molecule has 8 heteroatoms. The zero-order valence-corrected chi connectivity index (χ0v) is 16.8. The minimum absolute atomic E-state index is 0.0992. The van der Waals surface area contributed by atoms with E-state index in [2.05, 4.69) is 5.32 Å². The summed E-state index contributed by atoms with van der Waals surface area (Å²) in [4.78, 5) is 11.9. The first kappa shape index (κ1) is 20.2. The molecular weight excluding hydrogens is 380 g/mol. The molecule has 1 aliphatic heterocycles. The Hall–Kier alpha value is -2.58. The van der Waals surface area contributed by atoms with Gasteiger partial charge in [0.25, 0.3) is 0 Å². The van der Waals surface area contributed by atoms with Gasteiger partial charge in [-0.05, 0) is 49.6 Å². The van der Waals surface area contributed by atoms with Gasteiger partial charge in [-0.1, -0.05) is 24.3 Å². The molecule has 1 aliphatic rings. The van der Waals surface area contributed by atoms with Gasteiger partial charge in [0.05, 0.1) is 23.8 Å². The maximum atomic E-state index is 13.2. The second-order valence-electron chi connectivity index (χ2n) is 6.29. The maximum absolute atomic E-state index is 13.2. The van der Waals surface area contributed by atoms with Crippen LogP contribution in [0.2, 0.25) is 0 Å². The van der Waals surface area contributed by atoms with E-state index in [4.69, 9.17) is 9.47 Å². The van der Waals surface area contributed by atoms with Crippen LogP contribution in [0.5, 0.6) is 5.75 Å². The normalized spacial score (nSPS) is 14.2. The summed E-state index contributed by atoms with van der Waals surface area (Å²) in [5.74, 6) is 0.387. The lowest BCUT2D eigenvalue weighted by molar-refractivity contribution is 0.167. The molecule has 0 spiro atoms. The van der Waals surface area contributed by atoms with E-state index in [0.717, 1.165) is 5.56 Å². The predicted octanol–water partition coefficient (Wildman–Crippen LogP) is 3.40. The summed E-state index contributed by atoms with van der Waals surface area (Å²) in [5.41, 5.74) is 2.44. The number of ether oxygens (including phenoxy) is 2. The Balaban J connectivity index is 1.90. The monoisotopic (exact) mass is 404 g/mol. The molecule has 0 unspecified atom stereocenters. The second-order valence-corrected chi connectivity index (χ2v) is 8.23. The van der Waals surface area contributed by atoms with Crippen molar-refractivity contribution in [2.24, 2.45) is 0 Å². The Morgan fingerprint density at radius 3 is 2.57 bits per heavy atom. The summed E-state index contributed by atoms with van der Waals surface area (Å²) in [6.07, 6.45) is 0.00490. The van der Waals surface area contributed by atoms with Crippen molar-refractivity contribution in [3.05, 3.63) is 53.6 Å². The molecule has 28 heavy (non-hydrogen) atoms. The molecule has 1 heterocycles. The molecule has 2 aromatic rings. The van der Waals surface area contributed by atoms with Crippen molar-refractivity contribution in [3.63, 3.8) is 0 Å². The van der Waals surface area contributed by atoms with Gasteiger partial charge in [-0.2, -0.15) is 4.31 Å². The number of rotatable bonds is 6. The Kier molecular flexibility index (Phi) is 6.21. The van der Waals surface area contributed by atoms with Crippen molar-refractivity contribution in [2.75, 3.05) is 25.1 Å². The van der Waals surface area contributed by atoms with Crippen molar-refractivity contribution in [3.8, 4) is 5.75 Å². The van der Waals surface area contributed by atoms with Gasteiger partial charge in [0.2, 0.25) is 10.0 Å². The van der Waals surface area contributed by atoms with Gasteiger partial charge in [-0.3, -0.25) is 5.32 Å². The molecule has 0 radical (unpaired) electrons. The highest BCUT2D eigenvalue weighted by Crippen LogP contribution is 2.31. The van der Waals surface area contributed by atoms with E-state index in [1.54, 1.807) is 13.0 Å². The number of carbonyl (C=O) groups is 1. The van der Waals surface area contributed by atoms with Gasteiger partial charge in [0.15, 0.2) is 0 Å². The fourth-order valence-corrected chi connectivity index (χ4v) is 4.60. The smallest absolute Gasteiger partial charge is 0.411 e. The van der Waals surface area contributed by atoms with E-state index in [0.29, 0.717) is 31.9 Å². The fourth-order valence-electron chi connectivity index (χ4n) is 3.15. The van der Waals surface area contributed by atoms with Crippen LogP contribution in [0.15, 0.2) is 47.4 Å². The summed E-state index contributed by atoms with van der Waals surface area (Å²) in [6.45, 7) is 4.83. The van der Waals surface area contributed by atoms with E-state index in [1.807, 2.05) is 31.2 Å². The lowest BCUT2D eigenvalue weighted by Gasteiger charge is -2.28. The molecule has 0 bridgehead atoms. The van der Waals surface area contributed by atoms with E-state index < -0.39 is 16.1 Å². The van der Waals surface area contributed by atoms with Crippen LogP contribution in [0.25, 0.3) is 0 Å². The minimum Gasteiger partial charge on any atom is -0.492 e. The number of fused-ring (bicyclic) bond motifs is 1. The maximum Gasteiger partial charge on any atom is 0.411 e. The summed E-state index contributed by atoms with van der Waals surface area (Å²) < 4.78 is 38.2. The molecule has 3 rings (SSSR count). The van der Waals surface area contributed by atoms with E-state index in [1.165, 1.54) is 22.0 Å². The van der Waals surface area contributed by atoms with Crippen molar-refractivity contribution >= 4 is 21.8 Å². The molecule has 0 aliphatic carbocycles. The van der Waals surface area contributed by atoms with Gasteiger partial charge in [0, 0.05) is 13.1 Å². The Morgan fingerprint density at radius 2 is 1.86 bits per heavy atom. The SMILES string of the molecule is CCOC(=O)Nc1cc(S(=O)(=O)N2CCc3ccccc3C2)ccc1OCC. The van der Waals surface area contributed by atoms with Crippen LogP contribution in [0.4, 0.5) is 10.5 Å². The Morgan fingerprint density at radius 1 is 1.11 bits per heavy atom. The minimum atomic E-state index is -3.72. The summed E-state index contributed by atoms with van der Waals surface area (Å²) in [6, 6.07) is 12.3. The molecule has 2 aromatic carbocycles. The second kappa shape index (κ2) is 8.62. The van der Waals surface area contributed by atoms with Crippen LogP contribution in [0, 0.1) is 0 Å². The number of hydrogen-bond donors (Lipinski definition) is 1. The average molecular weight is 404 g/mol. The quantitative estimate of drug-likeness (QED) is 0.798. The van der Waals surface area contributed by atoms with Gasteiger partial charge in [0.1, 0.15) is 5.75 Å². The summed E-state index contributed by atoms with van der Waals surface area (Å²) in [7, 11) is -3.72. The van der Waals surface area contributed by atoms with Crippen molar-refractivity contribution in [1.82, 2.24) is 4.31 Å². The largest absolute Gasteiger partial charge is 0.492 e. The number of carbonyl (C=O) groups excluding carboxylic acids is 1. The predicted molar refractivity (Wildman–Crippen MR) is 106 cm³/mol. The third-order valence-electron chi connectivity index (χ3n) is 4.50. The van der Waals surface area contributed by atoms with Gasteiger partial charge < -0.3 is 9.47 Å². The highest BCUT2D eigenvalue weighted by Gasteiger charge is 2.29. The van der Waals surface area contributed by atoms with Crippen LogP contribution < -0.4 is 10.1 Å². The zero-order chi connectivity index (χ0) is 20.1. The third-order valence-corrected chi connectivity index (χ3v) is 6.34. The standard InChI is InChI=1S/C20H24N2O5S/c1-3-26-19-10-9-17(13-18(19)21-20(23)27-4-2)28(24,25)22-12-11-15-7-5-6-8-16(15)14-22/h5-10,13H,3-4,11-12,14H2,1-2H3,(H,21,23). The number of benzene rings is 2. The Labute approximate surface area is 165 Å². The average Bonchev–Trinajstić information content (AvgIpc) is 2.69. The highest BCUT2D eigenvalue weighted by molar-refractivity contribution is 7.89. The van der Waals surface area contributed by atoms with Gasteiger partial charge in [-0.25, -0.2) is 13.2 Å². The number of hydrogen-bond acceptors (Lipinski definition) is 5. The van der Waals surface area contributed by atoms with Gasteiger partial charge >= 0.3 is 6.09 Å². The molecule has 7 nitrogen and oxygen atoms in total. The van der Waals surface area contributed by atoms with Crippen LogP contribution in [-0.2, 0) is 27.7 Å². The lowest BCUT2D eigenvalue weighted by Crippen LogP contribution is -2.36. The van der Waals surface area contributed by atoms with Crippen molar-refractivity contribution in [1.29, 1.82) is 0 Å². The first-order valence-corrected chi connectivity index (χ1v) is 10.7. The number of nitrogens with zero attached hydrogens (tertiary/aromatic N) is 1. The molecule has 0 aromatic heterocycles. The summed E-state index contributed by atoms with van der Waals surface area (Å²) >= 11 is 0.